The van der Waals surface area contributed by atoms with E-state index in [4.69, 9.17) is 21.4 Å². The number of aromatic nitrogens is 4. The molecule has 8 heterocycles. The summed E-state index contributed by atoms with van der Waals surface area (Å²) in [5.74, 6) is 7.00. The van der Waals surface area contributed by atoms with Gasteiger partial charge < -0.3 is 30.2 Å². The first-order valence-electron chi connectivity index (χ1n) is 40.2. The zero-order valence-corrected chi connectivity index (χ0v) is 64.9. The van der Waals surface area contributed by atoms with Gasteiger partial charge >= 0.3 is 18.0 Å². The first-order chi connectivity index (χ1) is 54.9. The van der Waals surface area contributed by atoms with E-state index in [2.05, 4.69) is 121 Å². The largest absolute Gasteiger partial charge is 0.481 e. The maximum Gasteiger partial charge on any atom is 0.318 e. The van der Waals surface area contributed by atoms with E-state index < -0.39 is 5.97 Å². The predicted molar refractivity (Wildman–Crippen MR) is 436 cm³/mol. The van der Waals surface area contributed by atoms with Crippen molar-refractivity contribution in [2.75, 3.05) is 45.3 Å². The molecule has 112 heavy (non-hydrogen) atoms. The maximum atomic E-state index is 13.3. The van der Waals surface area contributed by atoms with Crippen molar-refractivity contribution >= 4 is 78.3 Å². The normalized spacial score (nSPS) is 28.1. The van der Waals surface area contributed by atoms with Crippen molar-refractivity contribution in [2.45, 2.75) is 140 Å². The lowest BCUT2D eigenvalue weighted by molar-refractivity contribution is -0.142. The number of carbonyl (C=O) groups is 5. The minimum Gasteiger partial charge on any atom is -0.481 e. The minimum atomic E-state index is -0.570. The number of fused-ring (bicyclic) bond motifs is 4. The number of rotatable bonds is 13. The Labute approximate surface area is 662 Å². The van der Waals surface area contributed by atoms with Crippen LogP contribution in [-0.2, 0) is 24.0 Å². The Balaban J connectivity index is 0.000000119. The summed E-state index contributed by atoms with van der Waals surface area (Å²) < 4.78 is 9.84. The summed E-state index contributed by atoms with van der Waals surface area (Å²) in [6, 6.07) is 55.7. The van der Waals surface area contributed by atoms with Crippen LogP contribution in [0.2, 0.25) is 5.15 Å². The summed E-state index contributed by atoms with van der Waals surface area (Å²) in [5, 5.41) is 35.0. The molecule has 8 fully saturated rings. The Morgan fingerprint density at radius 3 is 1.25 bits per heavy atom. The molecular weight excluding hydrogens is 1430 g/mol. The van der Waals surface area contributed by atoms with Gasteiger partial charge in [-0.15, -0.1) is 0 Å². The van der Waals surface area contributed by atoms with Crippen LogP contribution in [0, 0.1) is 71.0 Å². The number of hydrazone groups is 4. The molecule has 22 nitrogen and oxygen atoms in total. The molecule has 12 atom stereocenters. The van der Waals surface area contributed by atoms with Crippen molar-refractivity contribution in [3.8, 4) is 12.0 Å². The van der Waals surface area contributed by atoms with E-state index in [-0.39, 0.29) is 59.5 Å². The number of nitrogens with one attached hydrogen (secondary N) is 2. The van der Waals surface area contributed by atoms with Gasteiger partial charge in [-0.2, -0.15) is 30.4 Å². The minimum absolute atomic E-state index is 0.00898. The molecule has 19 rings (SSSR count). The molecule has 3 amide bonds. The molecule has 0 bridgehead atoms. The summed E-state index contributed by atoms with van der Waals surface area (Å²) in [4.78, 5) is 77.8. The third-order valence-corrected chi connectivity index (χ3v) is 24.7. The number of hydrogen-bond acceptors (Lipinski definition) is 18. The molecule has 0 spiro atoms. The van der Waals surface area contributed by atoms with Crippen LogP contribution in [0.25, 0.3) is 6.08 Å². The molecule has 6 aliphatic heterocycles. The molecule has 7 aromatic rings. The van der Waals surface area contributed by atoms with Gasteiger partial charge in [-0.3, -0.25) is 24.0 Å². The quantitative estimate of drug-likeness (QED) is 0.0551. The van der Waals surface area contributed by atoms with Crippen LogP contribution in [0.5, 0.6) is 12.0 Å². The number of hydrogen-bond donors (Lipinski definition) is 3. The van der Waals surface area contributed by atoms with E-state index in [0.717, 1.165) is 150 Å². The van der Waals surface area contributed by atoms with Gasteiger partial charge in [-0.1, -0.05) is 208 Å². The van der Waals surface area contributed by atoms with E-state index >= 15 is 0 Å². The highest BCUT2D eigenvalue weighted by molar-refractivity contribution is 6.29. The molecule has 12 unspecified atom stereocenters. The van der Waals surface area contributed by atoms with Crippen molar-refractivity contribution in [3.05, 3.63) is 215 Å². The molecule has 5 aromatic carbocycles. The second kappa shape index (κ2) is 39.7. The number of aldehydes is 1. The highest BCUT2D eigenvalue weighted by atomic mass is 35.5. The van der Waals surface area contributed by atoms with E-state index in [1.54, 1.807) is 40.5 Å². The van der Waals surface area contributed by atoms with Gasteiger partial charge in [0, 0.05) is 93.8 Å². The van der Waals surface area contributed by atoms with E-state index in [1.165, 1.54) is 74.6 Å². The lowest BCUT2D eigenvalue weighted by Crippen LogP contribution is -2.33. The van der Waals surface area contributed by atoms with Gasteiger partial charge in [-0.25, -0.2) is 25.0 Å². The third kappa shape index (κ3) is 20.7. The zero-order chi connectivity index (χ0) is 77.6. The monoisotopic (exact) mass is 1530 g/mol. The number of carboxylic acids is 1. The van der Waals surface area contributed by atoms with Crippen LogP contribution in [0.3, 0.4) is 0 Å². The topological polar surface area (TPSA) is 262 Å². The number of aliphatic carboxylic acids is 1. The van der Waals surface area contributed by atoms with Gasteiger partial charge in [0.1, 0.15) is 17.3 Å². The molecule has 6 saturated carbocycles. The lowest BCUT2D eigenvalue weighted by atomic mass is 9.99. The van der Waals surface area contributed by atoms with Crippen molar-refractivity contribution in [3.63, 3.8) is 0 Å². The summed E-state index contributed by atoms with van der Waals surface area (Å²) in [6.45, 7) is 4.03. The SMILES string of the molecule is C1=NNC(c2ccccc2)C1.COc1nccc(Cl)n1.COc1nccc(N2CC3CC(C(=O)N4N=CCC4c4ccccc4)CC3C2)n1.O=C(C1CC2CCCC2C1)N1N=CCC1c1ccccc1.O=C(C1CC2CNCC2C1)N1N=CCC1c1ccccc1.O=C(O)C1CC2CCCC2C1.O=C/C=C/c1ccccc1. The number of carboxylic acid groups (broad SMARTS) is 1. The number of ether oxygens (including phenoxy) is 2. The highest BCUT2D eigenvalue weighted by Crippen LogP contribution is 2.50. The Hall–Kier alpha value is -10.3. The number of amides is 3. The van der Waals surface area contributed by atoms with Crippen LogP contribution in [0.4, 0.5) is 5.82 Å². The lowest BCUT2D eigenvalue weighted by Gasteiger charge is -2.26. The van der Waals surface area contributed by atoms with Crippen LogP contribution >= 0.6 is 11.6 Å². The summed E-state index contributed by atoms with van der Waals surface area (Å²) in [5.41, 5.74) is 8.94. The van der Waals surface area contributed by atoms with Crippen molar-refractivity contribution in [1.82, 2.24) is 45.7 Å². The van der Waals surface area contributed by atoms with E-state index in [1.807, 2.05) is 122 Å². The highest BCUT2D eigenvalue weighted by Gasteiger charge is 2.48. The number of nitrogens with zero attached hydrogens (tertiary/aromatic N) is 12. The predicted octanol–water partition coefficient (Wildman–Crippen LogP) is 15.5. The van der Waals surface area contributed by atoms with Gasteiger partial charge in [0.05, 0.1) is 44.3 Å². The number of halogens is 1. The van der Waals surface area contributed by atoms with Crippen molar-refractivity contribution in [2.24, 2.45) is 91.4 Å². The average molecular weight is 1530 g/mol. The zero-order valence-electron chi connectivity index (χ0n) is 64.1. The van der Waals surface area contributed by atoms with Crippen LogP contribution < -0.4 is 25.1 Å². The molecule has 2 aromatic heterocycles. The van der Waals surface area contributed by atoms with Crippen LogP contribution in [-0.4, -0.2) is 135 Å². The number of benzene rings is 5. The number of carbonyl (C=O) groups excluding carboxylic acids is 4. The molecule has 2 saturated heterocycles. The molecule has 3 N–H and O–H groups in total. The van der Waals surface area contributed by atoms with Crippen molar-refractivity contribution in [1.29, 1.82) is 0 Å². The third-order valence-electron chi connectivity index (χ3n) is 24.4. The van der Waals surface area contributed by atoms with Gasteiger partial charge in [0.25, 0.3) is 0 Å². The van der Waals surface area contributed by atoms with Crippen molar-refractivity contribution < 1.29 is 38.6 Å². The average Bonchev–Trinajstić information content (AvgIpc) is 1.65. The summed E-state index contributed by atoms with van der Waals surface area (Å²) in [7, 11) is 3.07. The summed E-state index contributed by atoms with van der Waals surface area (Å²) in [6.07, 6.45) is 34.3. The maximum absolute atomic E-state index is 13.3. The molecule has 6 aliphatic carbocycles. The summed E-state index contributed by atoms with van der Waals surface area (Å²) >= 11 is 5.49. The Morgan fingerprint density at radius 2 is 0.857 bits per heavy atom. The van der Waals surface area contributed by atoms with Gasteiger partial charge in [0.15, 0.2) is 0 Å². The standard InChI is InChI=1S/C22H25N5O2.C18H22N2O.C17H21N3O.C9H10N2.C9H14O2.C9H8O.C5H5ClN2O/c1-29-22-23-9-8-20(25-22)26-13-17-11-16(12-18(17)14-26)21(28)27-19(7-10-24-27)15-5-3-2-4-6-15;21-18(16-11-14-7-4-8-15(14)12-16)20-17(9-10-19-20)13-5-2-1-3-6-13;21-17(13-8-14-10-18-11-15(14)9-13)20-16(6-7-19-20)12-4-2-1-3-5-12;1-2-4-8(5-3-1)9-6-7-10-11-9;10-9(11)8-4-6-2-1-3-7(6)5-8;10-8-4-7-9-5-2-1-3-6-9;1-9-5-7-3-2-4(6)8-5/h2-6,8-10,16-19H,7,11-14H2,1H3;1-3,5-6,10,14-17H,4,7-9,11-12H2;1-5,7,13-16,18H,6,8-11H2;1-5,7,9,11H,6H2;6-8H,1-5H2,(H,10,11);1-8H;2-3H,1H3/b;;;;;7-4+;. The Morgan fingerprint density at radius 1 is 0.464 bits per heavy atom. The second-order valence-electron chi connectivity index (χ2n) is 31.3. The first-order valence-corrected chi connectivity index (χ1v) is 40.5. The molecule has 586 valence electrons. The Bertz CT molecular complexity index is 4200. The Kier molecular flexibility index (Phi) is 28.3. The van der Waals surface area contributed by atoms with E-state index in [9.17, 15) is 24.0 Å². The van der Waals surface area contributed by atoms with E-state index in [0.29, 0.717) is 46.9 Å². The number of methoxy groups -OCH3 is 2. The molecule has 12 aliphatic rings. The van der Waals surface area contributed by atoms with Crippen LogP contribution in [0.1, 0.15) is 168 Å². The first kappa shape index (κ1) is 79.8. The fourth-order valence-corrected chi connectivity index (χ4v) is 19.0. The molecule has 23 heteroatoms. The smallest absolute Gasteiger partial charge is 0.318 e. The fraction of sp³-hybridized carbons (Fsp3) is 0.449. The molecule has 0 radical (unpaired) electrons. The molecular formula is C89H105ClN14O8. The van der Waals surface area contributed by atoms with Gasteiger partial charge in [-0.05, 0) is 158 Å². The fourth-order valence-electron chi connectivity index (χ4n) is 18.9. The number of allylic oxidation sites excluding steroid dienone is 1. The second-order valence-corrected chi connectivity index (χ2v) is 31.6. The number of anilines is 1. The van der Waals surface area contributed by atoms with Crippen LogP contribution in [0.15, 0.2) is 203 Å². The van der Waals surface area contributed by atoms with Gasteiger partial charge in [0.2, 0.25) is 17.7 Å².